The van der Waals surface area contributed by atoms with E-state index in [1.165, 1.54) is 11.3 Å². The largest absolute Gasteiger partial charge is 0.375 e. The Morgan fingerprint density at radius 1 is 1.00 bits per heavy atom. The Balaban J connectivity index is 1.67. The molecule has 2 aromatic rings. The van der Waals surface area contributed by atoms with Gasteiger partial charge in [0.2, 0.25) is 5.91 Å². The summed E-state index contributed by atoms with van der Waals surface area (Å²) in [4.78, 5) is 16.4. The topological polar surface area (TPSA) is 35.6 Å². The lowest BCUT2D eigenvalue weighted by Gasteiger charge is -2.24. The van der Waals surface area contributed by atoms with E-state index in [-0.39, 0.29) is 11.9 Å². The van der Waals surface area contributed by atoms with Crippen LogP contribution in [-0.4, -0.2) is 44.5 Å². The van der Waals surface area contributed by atoms with Gasteiger partial charge in [0.25, 0.3) is 0 Å². The Kier molecular flexibility index (Phi) is 7.48. The molecule has 0 aromatic heterocycles. The van der Waals surface area contributed by atoms with E-state index in [0.29, 0.717) is 13.1 Å². The van der Waals surface area contributed by atoms with Crippen molar-refractivity contribution in [1.82, 2.24) is 10.2 Å². The number of benzene rings is 2. The molecule has 0 saturated heterocycles. The van der Waals surface area contributed by atoms with Crippen LogP contribution < -0.4 is 10.2 Å². The monoisotopic (exact) mass is 339 g/mol. The molecule has 0 aliphatic heterocycles. The van der Waals surface area contributed by atoms with Crippen molar-refractivity contribution >= 4 is 11.6 Å². The van der Waals surface area contributed by atoms with Crippen molar-refractivity contribution in [2.75, 3.05) is 38.6 Å². The average Bonchev–Trinajstić information content (AvgIpc) is 2.65. The molecule has 0 spiro atoms. The van der Waals surface area contributed by atoms with Crippen molar-refractivity contribution < 1.29 is 4.79 Å². The molecule has 4 heteroatoms. The lowest BCUT2D eigenvalue weighted by atomic mass is 10.1. The maximum Gasteiger partial charge on any atom is 0.234 e. The second kappa shape index (κ2) is 9.84. The molecular weight excluding hydrogens is 310 g/mol. The summed E-state index contributed by atoms with van der Waals surface area (Å²) in [5, 5.41) is 3.02. The third kappa shape index (κ3) is 6.24. The van der Waals surface area contributed by atoms with E-state index >= 15 is 0 Å². The normalized spacial score (nSPS) is 12.0. The van der Waals surface area contributed by atoms with Gasteiger partial charge in [-0.1, -0.05) is 48.5 Å². The highest BCUT2D eigenvalue weighted by Gasteiger charge is 2.14. The van der Waals surface area contributed by atoms with Gasteiger partial charge in [-0.15, -0.1) is 0 Å². The van der Waals surface area contributed by atoms with Gasteiger partial charge in [-0.05, 0) is 38.1 Å². The van der Waals surface area contributed by atoms with Crippen molar-refractivity contribution in [3.63, 3.8) is 0 Å². The first-order valence-electron chi connectivity index (χ1n) is 8.86. The van der Waals surface area contributed by atoms with Gasteiger partial charge in [-0.25, -0.2) is 0 Å². The summed E-state index contributed by atoms with van der Waals surface area (Å²) >= 11 is 0. The number of anilines is 1. The van der Waals surface area contributed by atoms with E-state index in [1.54, 1.807) is 0 Å². The number of rotatable bonds is 9. The number of carbonyl (C=O) groups excluding carboxylic acids is 1. The van der Waals surface area contributed by atoms with Gasteiger partial charge in [-0.3, -0.25) is 9.69 Å². The van der Waals surface area contributed by atoms with Crippen molar-refractivity contribution in [3.05, 3.63) is 66.2 Å². The van der Waals surface area contributed by atoms with Crippen LogP contribution in [0.25, 0.3) is 0 Å². The van der Waals surface area contributed by atoms with Crippen LogP contribution in [-0.2, 0) is 4.79 Å². The van der Waals surface area contributed by atoms with E-state index in [1.807, 2.05) is 43.4 Å². The summed E-state index contributed by atoms with van der Waals surface area (Å²) in [7, 11) is 4.06. The highest BCUT2D eigenvalue weighted by Crippen LogP contribution is 2.17. The molecule has 0 radical (unpaired) electrons. The predicted molar refractivity (Wildman–Crippen MR) is 105 cm³/mol. The highest BCUT2D eigenvalue weighted by molar-refractivity contribution is 5.78. The SMILES string of the molecule is CC(c1ccccc1)N(C)CC(=O)NCCCN(C)c1ccccc1. The molecule has 0 heterocycles. The third-order valence-corrected chi connectivity index (χ3v) is 4.53. The van der Waals surface area contributed by atoms with Gasteiger partial charge in [0, 0.05) is 31.9 Å². The third-order valence-electron chi connectivity index (χ3n) is 4.53. The second-order valence-electron chi connectivity index (χ2n) is 6.46. The summed E-state index contributed by atoms with van der Waals surface area (Å²) < 4.78 is 0. The number of amides is 1. The van der Waals surface area contributed by atoms with E-state index < -0.39 is 0 Å². The number of hydrogen-bond acceptors (Lipinski definition) is 3. The molecule has 0 aliphatic carbocycles. The van der Waals surface area contributed by atoms with Crippen LogP contribution in [0.3, 0.4) is 0 Å². The summed E-state index contributed by atoms with van der Waals surface area (Å²) in [6, 6.07) is 20.8. The molecular formula is C21H29N3O. The van der Waals surface area contributed by atoms with Gasteiger partial charge in [0.15, 0.2) is 0 Å². The van der Waals surface area contributed by atoms with Crippen molar-refractivity contribution in [3.8, 4) is 0 Å². The first-order chi connectivity index (χ1) is 12.1. The molecule has 1 unspecified atom stereocenters. The fourth-order valence-corrected chi connectivity index (χ4v) is 2.76. The van der Waals surface area contributed by atoms with E-state index in [0.717, 1.165) is 13.0 Å². The van der Waals surface area contributed by atoms with Gasteiger partial charge >= 0.3 is 0 Å². The molecule has 0 bridgehead atoms. The van der Waals surface area contributed by atoms with Gasteiger partial charge < -0.3 is 10.2 Å². The van der Waals surface area contributed by atoms with E-state index in [4.69, 9.17) is 0 Å². The molecule has 1 atom stereocenters. The number of carbonyl (C=O) groups is 1. The van der Waals surface area contributed by atoms with Crippen molar-refractivity contribution in [2.24, 2.45) is 0 Å². The Labute approximate surface area is 151 Å². The van der Waals surface area contributed by atoms with Crippen LogP contribution in [0, 0.1) is 0 Å². The Bertz CT molecular complexity index is 630. The Morgan fingerprint density at radius 2 is 1.60 bits per heavy atom. The number of nitrogens with one attached hydrogen (secondary N) is 1. The highest BCUT2D eigenvalue weighted by atomic mass is 16.2. The summed E-state index contributed by atoms with van der Waals surface area (Å²) in [5.41, 5.74) is 2.42. The summed E-state index contributed by atoms with van der Waals surface area (Å²) in [5.74, 6) is 0.0765. The maximum absolute atomic E-state index is 12.1. The maximum atomic E-state index is 12.1. The standard InChI is InChI=1S/C21H29N3O/c1-18(19-11-6-4-7-12-19)24(3)17-21(25)22-15-10-16-23(2)20-13-8-5-9-14-20/h4-9,11-14,18H,10,15-17H2,1-3H3,(H,22,25). The van der Waals surface area contributed by atoms with Crippen LogP contribution >= 0.6 is 0 Å². The Hall–Kier alpha value is -2.33. The van der Waals surface area contributed by atoms with Crippen molar-refractivity contribution in [1.29, 1.82) is 0 Å². The molecule has 25 heavy (non-hydrogen) atoms. The fourth-order valence-electron chi connectivity index (χ4n) is 2.76. The van der Waals surface area contributed by atoms with Gasteiger partial charge in [0.05, 0.1) is 6.54 Å². The summed E-state index contributed by atoms with van der Waals surface area (Å²) in [6.07, 6.45) is 0.926. The zero-order chi connectivity index (χ0) is 18.1. The molecule has 2 rings (SSSR count). The number of para-hydroxylation sites is 1. The quantitative estimate of drug-likeness (QED) is 0.712. The fraction of sp³-hybridized carbons (Fsp3) is 0.381. The number of hydrogen-bond donors (Lipinski definition) is 1. The lowest BCUT2D eigenvalue weighted by Crippen LogP contribution is -2.37. The van der Waals surface area contributed by atoms with Crippen LogP contribution in [0.15, 0.2) is 60.7 Å². The predicted octanol–water partition coefficient (Wildman–Crippen LogP) is 3.32. The Morgan fingerprint density at radius 3 is 2.24 bits per heavy atom. The van der Waals surface area contributed by atoms with Gasteiger partial charge in [0.1, 0.15) is 0 Å². The molecule has 4 nitrogen and oxygen atoms in total. The number of likely N-dealkylation sites (N-methyl/N-ethyl adjacent to an activating group) is 1. The minimum absolute atomic E-state index is 0.0765. The van der Waals surface area contributed by atoms with Crippen molar-refractivity contribution in [2.45, 2.75) is 19.4 Å². The lowest BCUT2D eigenvalue weighted by molar-refractivity contribution is -0.122. The molecule has 1 N–H and O–H groups in total. The number of nitrogens with zero attached hydrogens (tertiary/aromatic N) is 2. The van der Waals surface area contributed by atoms with Crippen LogP contribution in [0.2, 0.25) is 0 Å². The second-order valence-corrected chi connectivity index (χ2v) is 6.46. The first-order valence-corrected chi connectivity index (χ1v) is 8.86. The van der Waals surface area contributed by atoms with Crippen LogP contribution in [0.4, 0.5) is 5.69 Å². The minimum atomic E-state index is 0.0765. The average molecular weight is 339 g/mol. The van der Waals surface area contributed by atoms with E-state index in [2.05, 4.69) is 53.4 Å². The van der Waals surface area contributed by atoms with Crippen LogP contribution in [0.1, 0.15) is 24.9 Å². The summed E-state index contributed by atoms with van der Waals surface area (Å²) in [6.45, 7) is 4.14. The zero-order valence-corrected chi connectivity index (χ0v) is 15.5. The molecule has 0 saturated carbocycles. The minimum Gasteiger partial charge on any atom is -0.375 e. The molecule has 0 aliphatic rings. The molecule has 134 valence electrons. The molecule has 2 aromatic carbocycles. The van der Waals surface area contributed by atoms with E-state index in [9.17, 15) is 4.79 Å². The first kappa shape index (κ1) is 19.0. The smallest absolute Gasteiger partial charge is 0.234 e. The molecule has 0 fully saturated rings. The molecule has 1 amide bonds. The zero-order valence-electron chi connectivity index (χ0n) is 15.5. The van der Waals surface area contributed by atoms with Crippen LogP contribution in [0.5, 0.6) is 0 Å². The van der Waals surface area contributed by atoms with Gasteiger partial charge in [-0.2, -0.15) is 0 Å².